The van der Waals surface area contributed by atoms with Crippen LogP contribution in [0.25, 0.3) is 0 Å². The molecule has 0 aliphatic heterocycles. The van der Waals surface area contributed by atoms with Crippen LogP contribution in [0.1, 0.15) is 37.7 Å². The van der Waals surface area contributed by atoms with Crippen LogP contribution in [0.2, 0.25) is 0 Å². The fourth-order valence-corrected chi connectivity index (χ4v) is 2.29. The number of hydrogen-bond acceptors (Lipinski definition) is 3. The summed E-state index contributed by atoms with van der Waals surface area (Å²) in [5.41, 5.74) is 6.44. The van der Waals surface area contributed by atoms with Crippen LogP contribution in [-0.4, -0.2) is 17.1 Å². The van der Waals surface area contributed by atoms with Crippen LogP contribution >= 0.6 is 0 Å². The zero-order valence-electron chi connectivity index (χ0n) is 10.5. The van der Waals surface area contributed by atoms with E-state index in [2.05, 4.69) is 15.6 Å². The minimum absolute atomic E-state index is 0.185. The Morgan fingerprint density at radius 3 is 2.89 bits per heavy atom. The third-order valence-corrected chi connectivity index (χ3v) is 3.28. The molecule has 1 aliphatic rings. The number of pyridine rings is 1. The molecule has 0 unspecified atom stereocenters. The van der Waals surface area contributed by atoms with Crippen LogP contribution in [-0.2, 0) is 6.54 Å². The van der Waals surface area contributed by atoms with Crippen molar-refractivity contribution in [3.8, 4) is 0 Å². The first-order chi connectivity index (χ1) is 8.79. The molecule has 0 saturated heterocycles. The average Bonchev–Trinajstić information content (AvgIpc) is 2.40. The number of anilines is 1. The normalized spacial score (nSPS) is 16.3. The van der Waals surface area contributed by atoms with Crippen molar-refractivity contribution < 1.29 is 4.79 Å². The molecule has 1 saturated carbocycles. The second-order valence-electron chi connectivity index (χ2n) is 4.65. The molecule has 18 heavy (non-hydrogen) atoms. The molecule has 2 rings (SSSR count). The first-order valence-electron chi connectivity index (χ1n) is 6.51. The lowest BCUT2D eigenvalue weighted by molar-refractivity contribution is 0.244. The topological polar surface area (TPSA) is 80.0 Å². The number of amides is 2. The Morgan fingerprint density at radius 1 is 1.39 bits per heavy atom. The molecule has 0 spiro atoms. The second kappa shape index (κ2) is 6.35. The van der Waals surface area contributed by atoms with Crippen molar-refractivity contribution in [2.24, 2.45) is 5.73 Å². The van der Waals surface area contributed by atoms with E-state index in [0.717, 1.165) is 18.4 Å². The monoisotopic (exact) mass is 248 g/mol. The fourth-order valence-electron chi connectivity index (χ4n) is 2.29. The van der Waals surface area contributed by atoms with Crippen LogP contribution in [0.5, 0.6) is 0 Å². The number of nitrogens with two attached hydrogens (primary N) is 1. The molecule has 5 nitrogen and oxygen atoms in total. The molecular weight excluding hydrogens is 228 g/mol. The lowest BCUT2D eigenvalue weighted by atomic mass is 9.96. The number of rotatable bonds is 3. The summed E-state index contributed by atoms with van der Waals surface area (Å²) in [7, 11) is 0. The van der Waals surface area contributed by atoms with E-state index in [1.54, 1.807) is 6.20 Å². The Hall–Kier alpha value is -1.62. The van der Waals surface area contributed by atoms with Gasteiger partial charge in [0.15, 0.2) is 0 Å². The van der Waals surface area contributed by atoms with Crippen molar-refractivity contribution in [3.05, 3.63) is 23.9 Å². The molecule has 0 aromatic carbocycles. The molecule has 0 bridgehead atoms. The fraction of sp³-hybridized carbons (Fsp3) is 0.538. The van der Waals surface area contributed by atoms with Gasteiger partial charge in [0.25, 0.3) is 0 Å². The van der Waals surface area contributed by atoms with Crippen molar-refractivity contribution in [2.45, 2.75) is 44.7 Å². The molecule has 1 aromatic heterocycles. The number of aromatic nitrogens is 1. The van der Waals surface area contributed by atoms with Gasteiger partial charge in [0.1, 0.15) is 5.82 Å². The highest BCUT2D eigenvalue weighted by molar-refractivity contribution is 5.89. The van der Waals surface area contributed by atoms with Gasteiger partial charge in [0, 0.05) is 24.3 Å². The summed E-state index contributed by atoms with van der Waals surface area (Å²) in [5, 5.41) is 5.76. The summed E-state index contributed by atoms with van der Waals surface area (Å²) < 4.78 is 0. The maximum atomic E-state index is 11.8. The van der Waals surface area contributed by atoms with Crippen LogP contribution in [0.4, 0.5) is 10.6 Å². The number of hydrogen-bond donors (Lipinski definition) is 3. The number of nitrogens with one attached hydrogen (secondary N) is 2. The first kappa shape index (κ1) is 12.8. The smallest absolute Gasteiger partial charge is 0.320 e. The van der Waals surface area contributed by atoms with Gasteiger partial charge in [0.2, 0.25) is 0 Å². The molecule has 1 fully saturated rings. The number of carbonyl (C=O) groups excluding carboxylic acids is 1. The third kappa shape index (κ3) is 3.43. The second-order valence-corrected chi connectivity index (χ2v) is 4.65. The zero-order valence-corrected chi connectivity index (χ0v) is 10.5. The van der Waals surface area contributed by atoms with E-state index >= 15 is 0 Å². The Labute approximate surface area is 107 Å². The molecule has 2 amide bonds. The van der Waals surface area contributed by atoms with E-state index in [1.807, 2.05) is 12.1 Å². The summed E-state index contributed by atoms with van der Waals surface area (Å²) in [4.78, 5) is 16.0. The highest BCUT2D eigenvalue weighted by atomic mass is 16.2. The quantitative estimate of drug-likeness (QED) is 0.765. The highest BCUT2D eigenvalue weighted by Gasteiger charge is 2.16. The molecule has 4 N–H and O–H groups in total. The van der Waals surface area contributed by atoms with Gasteiger partial charge < -0.3 is 11.1 Å². The predicted molar refractivity (Wildman–Crippen MR) is 71.2 cm³/mol. The van der Waals surface area contributed by atoms with Crippen molar-refractivity contribution in [3.63, 3.8) is 0 Å². The van der Waals surface area contributed by atoms with Gasteiger partial charge in [-0.15, -0.1) is 0 Å². The van der Waals surface area contributed by atoms with E-state index in [4.69, 9.17) is 5.73 Å². The van der Waals surface area contributed by atoms with Crippen LogP contribution in [0.15, 0.2) is 18.3 Å². The summed E-state index contributed by atoms with van der Waals surface area (Å²) in [6.45, 7) is 0.368. The Morgan fingerprint density at radius 2 is 2.17 bits per heavy atom. The van der Waals surface area contributed by atoms with Gasteiger partial charge >= 0.3 is 6.03 Å². The zero-order chi connectivity index (χ0) is 12.8. The maximum Gasteiger partial charge on any atom is 0.320 e. The van der Waals surface area contributed by atoms with E-state index in [0.29, 0.717) is 18.4 Å². The Balaban J connectivity index is 1.90. The van der Waals surface area contributed by atoms with Gasteiger partial charge in [-0.25, -0.2) is 9.78 Å². The lowest BCUT2D eigenvalue weighted by Crippen LogP contribution is -2.39. The maximum absolute atomic E-state index is 11.8. The van der Waals surface area contributed by atoms with Crippen molar-refractivity contribution >= 4 is 11.8 Å². The average molecular weight is 248 g/mol. The minimum Gasteiger partial charge on any atom is -0.335 e. The van der Waals surface area contributed by atoms with Crippen molar-refractivity contribution in [1.82, 2.24) is 10.3 Å². The molecule has 0 atom stereocenters. The van der Waals surface area contributed by atoms with Crippen LogP contribution in [0, 0.1) is 0 Å². The van der Waals surface area contributed by atoms with E-state index in [9.17, 15) is 4.79 Å². The van der Waals surface area contributed by atoms with E-state index in [1.165, 1.54) is 19.3 Å². The van der Waals surface area contributed by atoms with Crippen LogP contribution in [0.3, 0.4) is 0 Å². The summed E-state index contributed by atoms with van der Waals surface area (Å²) in [5.74, 6) is 0.549. The first-order valence-corrected chi connectivity index (χ1v) is 6.51. The standard InChI is InChI=1S/C13H20N4O/c14-9-10-5-4-8-15-12(10)17-13(18)16-11-6-2-1-3-7-11/h4-5,8,11H,1-3,6-7,9,14H2,(H2,15,16,17,18). The lowest BCUT2D eigenvalue weighted by Gasteiger charge is -2.22. The molecule has 1 heterocycles. The number of carbonyl (C=O) groups is 1. The molecule has 0 radical (unpaired) electrons. The molecule has 1 aliphatic carbocycles. The molecular formula is C13H20N4O. The predicted octanol–water partition coefficient (Wildman–Crippen LogP) is 1.99. The Bertz CT molecular complexity index is 402. The van der Waals surface area contributed by atoms with Gasteiger partial charge in [0.05, 0.1) is 0 Å². The summed E-state index contributed by atoms with van der Waals surface area (Å²) in [6, 6.07) is 3.79. The van der Waals surface area contributed by atoms with Gasteiger partial charge in [-0.1, -0.05) is 25.3 Å². The minimum atomic E-state index is -0.185. The molecule has 1 aromatic rings. The van der Waals surface area contributed by atoms with Crippen molar-refractivity contribution in [2.75, 3.05) is 5.32 Å². The van der Waals surface area contributed by atoms with Gasteiger partial charge in [-0.05, 0) is 18.9 Å². The third-order valence-electron chi connectivity index (χ3n) is 3.28. The Kier molecular flexibility index (Phi) is 4.52. The highest BCUT2D eigenvalue weighted by Crippen LogP contribution is 2.17. The molecule has 5 heteroatoms. The van der Waals surface area contributed by atoms with Gasteiger partial charge in [-0.3, -0.25) is 5.32 Å². The van der Waals surface area contributed by atoms with E-state index in [-0.39, 0.29) is 6.03 Å². The van der Waals surface area contributed by atoms with Gasteiger partial charge in [-0.2, -0.15) is 0 Å². The largest absolute Gasteiger partial charge is 0.335 e. The number of urea groups is 1. The summed E-state index contributed by atoms with van der Waals surface area (Å²) >= 11 is 0. The SMILES string of the molecule is NCc1cccnc1NC(=O)NC1CCCCC1. The number of nitrogens with zero attached hydrogens (tertiary/aromatic N) is 1. The van der Waals surface area contributed by atoms with Crippen LogP contribution < -0.4 is 16.4 Å². The van der Waals surface area contributed by atoms with E-state index < -0.39 is 0 Å². The van der Waals surface area contributed by atoms with Crippen molar-refractivity contribution in [1.29, 1.82) is 0 Å². The summed E-state index contributed by atoms with van der Waals surface area (Å²) in [6.07, 6.45) is 7.46. The molecule has 98 valence electrons.